The average molecular weight is 471 g/mol. The average Bonchev–Trinajstić information content (AvgIpc) is 2.69. The Hall–Kier alpha value is -0.230. The first-order chi connectivity index (χ1) is 12.9. The third-order valence-corrected chi connectivity index (χ3v) is 5.27. The van der Waals surface area contributed by atoms with Crippen LogP contribution >= 0.6 is 37.2 Å². The molecule has 172 valence electrons. The summed E-state index contributed by atoms with van der Waals surface area (Å²) in [4.78, 5) is 5.20. The Kier molecular flexibility index (Phi) is 22.4. The molecule has 4 nitrogen and oxygen atoms in total. The van der Waals surface area contributed by atoms with E-state index in [4.69, 9.17) is 10.5 Å². The van der Waals surface area contributed by atoms with Crippen LogP contribution in [0.5, 0.6) is 5.75 Å². The van der Waals surface area contributed by atoms with Crippen LogP contribution < -0.4 is 10.5 Å². The van der Waals surface area contributed by atoms with Gasteiger partial charge in [-0.2, -0.15) is 0 Å². The molecule has 1 aliphatic heterocycles. The predicted octanol–water partition coefficient (Wildman–Crippen LogP) is 5.03. The number of ether oxygens (including phenoxy) is 1. The van der Waals surface area contributed by atoms with Crippen LogP contribution in [0.4, 0.5) is 0 Å². The van der Waals surface area contributed by atoms with Crippen molar-refractivity contribution in [1.29, 1.82) is 0 Å². The summed E-state index contributed by atoms with van der Waals surface area (Å²) < 4.78 is 5.73. The van der Waals surface area contributed by atoms with Crippen molar-refractivity contribution in [3.63, 3.8) is 0 Å². The highest BCUT2D eigenvalue weighted by Gasteiger charge is 2.15. The minimum absolute atomic E-state index is 0. The van der Waals surface area contributed by atoms with E-state index < -0.39 is 0 Å². The lowest BCUT2D eigenvalue weighted by Gasteiger charge is -2.34. The molecule has 1 saturated heterocycles. The van der Waals surface area contributed by atoms with E-state index in [0.717, 1.165) is 25.3 Å². The van der Waals surface area contributed by atoms with Crippen LogP contribution in [0.3, 0.4) is 0 Å². The predicted molar refractivity (Wildman–Crippen MR) is 133 cm³/mol. The molecular formula is C22H42Cl3N3O. The number of nitrogens with zero attached hydrogens (tertiary/aromatic N) is 2. The summed E-state index contributed by atoms with van der Waals surface area (Å²) in [6, 6.07) is 10.1. The quantitative estimate of drug-likeness (QED) is 0.387. The summed E-state index contributed by atoms with van der Waals surface area (Å²) in [5.41, 5.74) is 5.59. The molecular weight excluding hydrogens is 429 g/mol. The number of piperazine rings is 1. The zero-order valence-corrected chi connectivity index (χ0v) is 20.3. The van der Waals surface area contributed by atoms with Gasteiger partial charge in [0.05, 0.1) is 6.61 Å². The van der Waals surface area contributed by atoms with Gasteiger partial charge in [-0.3, -0.25) is 0 Å². The van der Waals surface area contributed by atoms with Gasteiger partial charge in [0.25, 0.3) is 0 Å². The summed E-state index contributed by atoms with van der Waals surface area (Å²) in [6.45, 7) is 9.08. The molecule has 1 aromatic carbocycles. The highest BCUT2D eigenvalue weighted by atomic mass is 35.5. The lowest BCUT2D eigenvalue weighted by atomic mass is 10.1. The fraction of sp³-hybridized carbons (Fsp3) is 0.727. The SMILES string of the molecule is Cl.Cl.Cl.NCCCN1CCN(CCCCCCCCCOc2ccccc2)CC1. The van der Waals surface area contributed by atoms with Crippen molar-refractivity contribution in [2.75, 3.05) is 52.4 Å². The molecule has 2 N–H and O–H groups in total. The van der Waals surface area contributed by atoms with Gasteiger partial charge in [-0.05, 0) is 51.0 Å². The van der Waals surface area contributed by atoms with Gasteiger partial charge in [-0.25, -0.2) is 0 Å². The molecule has 0 aliphatic carbocycles. The standard InChI is InChI=1S/C22H39N3O.3ClH/c23-14-11-16-25-19-17-24(18-20-25)15-9-4-2-1-3-5-10-21-26-22-12-7-6-8-13-22;;;/h6-8,12-13H,1-5,9-11,14-21,23H2;3*1H. The Morgan fingerprint density at radius 2 is 1.14 bits per heavy atom. The van der Waals surface area contributed by atoms with E-state index >= 15 is 0 Å². The first-order valence-electron chi connectivity index (χ1n) is 10.7. The van der Waals surface area contributed by atoms with Gasteiger partial charge < -0.3 is 20.3 Å². The molecule has 0 unspecified atom stereocenters. The Morgan fingerprint density at radius 1 is 0.655 bits per heavy atom. The summed E-state index contributed by atoms with van der Waals surface area (Å²) in [5.74, 6) is 0.993. The summed E-state index contributed by atoms with van der Waals surface area (Å²) in [7, 11) is 0. The largest absolute Gasteiger partial charge is 0.494 e. The van der Waals surface area contributed by atoms with Crippen LogP contribution in [-0.4, -0.2) is 62.2 Å². The van der Waals surface area contributed by atoms with Crippen molar-refractivity contribution in [3.05, 3.63) is 30.3 Å². The normalized spacial score (nSPS) is 14.4. The number of unbranched alkanes of at least 4 members (excludes halogenated alkanes) is 6. The molecule has 0 saturated carbocycles. The van der Waals surface area contributed by atoms with Gasteiger partial charge >= 0.3 is 0 Å². The fourth-order valence-electron chi connectivity index (χ4n) is 3.58. The van der Waals surface area contributed by atoms with E-state index in [1.807, 2.05) is 30.3 Å². The zero-order chi connectivity index (χ0) is 18.3. The second kappa shape index (κ2) is 21.0. The molecule has 1 heterocycles. The van der Waals surface area contributed by atoms with E-state index in [1.54, 1.807) is 0 Å². The molecule has 0 aromatic heterocycles. The minimum Gasteiger partial charge on any atom is -0.494 e. The van der Waals surface area contributed by atoms with Gasteiger partial charge in [0, 0.05) is 26.2 Å². The van der Waals surface area contributed by atoms with Crippen molar-refractivity contribution < 1.29 is 4.74 Å². The van der Waals surface area contributed by atoms with Gasteiger partial charge in [0.2, 0.25) is 0 Å². The van der Waals surface area contributed by atoms with Crippen molar-refractivity contribution in [3.8, 4) is 5.75 Å². The number of hydrogen-bond donors (Lipinski definition) is 1. The lowest BCUT2D eigenvalue weighted by Crippen LogP contribution is -2.46. The van der Waals surface area contributed by atoms with E-state index in [1.165, 1.54) is 84.2 Å². The molecule has 0 spiro atoms. The molecule has 2 rings (SSSR count). The number of benzene rings is 1. The number of hydrogen-bond acceptors (Lipinski definition) is 4. The van der Waals surface area contributed by atoms with Crippen LogP contribution in [0.1, 0.15) is 51.4 Å². The number of rotatable bonds is 14. The monoisotopic (exact) mass is 469 g/mol. The maximum Gasteiger partial charge on any atom is 0.119 e. The summed E-state index contributed by atoms with van der Waals surface area (Å²) in [6.07, 6.45) is 10.4. The second-order valence-electron chi connectivity index (χ2n) is 7.46. The third-order valence-electron chi connectivity index (χ3n) is 5.27. The molecule has 29 heavy (non-hydrogen) atoms. The Labute approximate surface area is 197 Å². The van der Waals surface area contributed by atoms with Crippen molar-refractivity contribution in [2.24, 2.45) is 5.73 Å². The maximum absolute atomic E-state index is 5.73. The molecule has 1 aromatic rings. The Morgan fingerprint density at radius 3 is 1.69 bits per heavy atom. The summed E-state index contributed by atoms with van der Waals surface area (Å²) >= 11 is 0. The molecule has 0 atom stereocenters. The smallest absolute Gasteiger partial charge is 0.119 e. The lowest BCUT2D eigenvalue weighted by molar-refractivity contribution is 0.130. The minimum atomic E-state index is 0. The van der Waals surface area contributed by atoms with Crippen molar-refractivity contribution >= 4 is 37.2 Å². The molecule has 0 radical (unpaired) electrons. The molecule has 0 bridgehead atoms. The van der Waals surface area contributed by atoms with Gasteiger partial charge in [-0.1, -0.05) is 50.3 Å². The fourth-order valence-corrected chi connectivity index (χ4v) is 3.58. The van der Waals surface area contributed by atoms with E-state index in [-0.39, 0.29) is 37.2 Å². The van der Waals surface area contributed by atoms with Crippen molar-refractivity contribution in [1.82, 2.24) is 9.80 Å². The van der Waals surface area contributed by atoms with Crippen LogP contribution in [0, 0.1) is 0 Å². The number of halogens is 3. The van der Waals surface area contributed by atoms with Gasteiger partial charge in [0.15, 0.2) is 0 Å². The first kappa shape index (κ1) is 31.0. The van der Waals surface area contributed by atoms with E-state index in [2.05, 4.69) is 9.80 Å². The topological polar surface area (TPSA) is 41.7 Å². The van der Waals surface area contributed by atoms with Crippen LogP contribution in [-0.2, 0) is 0 Å². The highest BCUT2D eigenvalue weighted by molar-refractivity contribution is 5.86. The zero-order valence-electron chi connectivity index (χ0n) is 17.8. The molecule has 0 amide bonds. The van der Waals surface area contributed by atoms with E-state index in [9.17, 15) is 0 Å². The Balaban J connectivity index is 0. The van der Waals surface area contributed by atoms with Crippen LogP contribution in [0.25, 0.3) is 0 Å². The Bertz CT molecular complexity index is 446. The molecule has 1 aliphatic rings. The van der Waals surface area contributed by atoms with Gasteiger partial charge in [0.1, 0.15) is 5.75 Å². The number of nitrogens with two attached hydrogens (primary N) is 1. The highest BCUT2D eigenvalue weighted by Crippen LogP contribution is 2.11. The van der Waals surface area contributed by atoms with Gasteiger partial charge in [-0.15, -0.1) is 37.2 Å². The van der Waals surface area contributed by atoms with Crippen molar-refractivity contribution in [2.45, 2.75) is 51.4 Å². The van der Waals surface area contributed by atoms with Crippen LogP contribution in [0.15, 0.2) is 30.3 Å². The molecule has 1 fully saturated rings. The third kappa shape index (κ3) is 15.3. The van der Waals surface area contributed by atoms with E-state index in [0.29, 0.717) is 0 Å². The first-order valence-corrected chi connectivity index (χ1v) is 10.7. The number of para-hydroxylation sites is 1. The second-order valence-corrected chi connectivity index (χ2v) is 7.46. The summed E-state index contributed by atoms with van der Waals surface area (Å²) in [5, 5.41) is 0. The molecule has 7 heteroatoms. The van der Waals surface area contributed by atoms with Crippen LogP contribution in [0.2, 0.25) is 0 Å². The maximum atomic E-state index is 5.73.